The molecule has 1 rings (SSSR count). The molecule has 0 aliphatic rings. The van der Waals surface area contributed by atoms with Crippen molar-refractivity contribution in [2.45, 2.75) is 18.5 Å². The van der Waals surface area contributed by atoms with Crippen molar-refractivity contribution in [3.05, 3.63) is 28.0 Å². The van der Waals surface area contributed by atoms with Gasteiger partial charge in [-0.25, -0.2) is 13.8 Å². The van der Waals surface area contributed by atoms with E-state index in [1.807, 2.05) is 0 Å². The molecule has 0 amide bonds. The molecule has 0 atom stereocenters. The Morgan fingerprint density at radius 1 is 1.31 bits per heavy atom. The highest BCUT2D eigenvalue weighted by Crippen LogP contribution is 2.38. The van der Waals surface area contributed by atoms with Gasteiger partial charge in [0, 0.05) is 5.88 Å². The molecule has 1 aromatic heterocycles. The zero-order valence-electron chi connectivity index (χ0n) is 7.45. The van der Waals surface area contributed by atoms with Crippen molar-refractivity contribution in [3.63, 3.8) is 0 Å². The molecular formula is C8H4Cl2F5N. The predicted molar refractivity (Wildman–Crippen MR) is 48.8 cm³/mol. The SMILES string of the molecule is FC(F)c1cc(CCl)c(C(F)(F)F)c(Cl)n1. The van der Waals surface area contributed by atoms with Crippen molar-refractivity contribution in [2.75, 3.05) is 0 Å². The van der Waals surface area contributed by atoms with Gasteiger partial charge in [-0.15, -0.1) is 11.6 Å². The smallest absolute Gasteiger partial charge is 0.234 e. The third-order valence-electron chi connectivity index (χ3n) is 1.73. The van der Waals surface area contributed by atoms with Gasteiger partial charge in [0.2, 0.25) is 0 Å². The van der Waals surface area contributed by atoms with Crippen molar-refractivity contribution < 1.29 is 22.0 Å². The average molecular weight is 280 g/mol. The topological polar surface area (TPSA) is 12.9 Å². The molecule has 0 radical (unpaired) electrons. The molecule has 0 aliphatic carbocycles. The summed E-state index contributed by atoms with van der Waals surface area (Å²) < 4.78 is 61.9. The van der Waals surface area contributed by atoms with Gasteiger partial charge in [-0.05, 0) is 11.6 Å². The summed E-state index contributed by atoms with van der Waals surface area (Å²) in [6.07, 6.45) is -7.77. The first-order chi connectivity index (χ1) is 7.27. The minimum Gasteiger partial charge on any atom is -0.234 e. The van der Waals surface area contributed by atoms with Crippen LogP contribution in [0.15, 0.2) is 6.07 Å². The van der Waals surface area contributed by atoms with E-state index >= 15 is 0 Å². The molecule has 0 spiro atoms. The molecule has 0 N–H and O–H groups in total. The lowest BCUT2D eigenvalue weighted by Crippen LogP contribution is -2.12. The number of hydrogen-bond donors (Lipinski definition) is 0. The van der Waals surface area contributed by atoms with E-state index in [1.165, 1.54) is 0 Å². The standard InChI is InChI=1S/C8H4Cl2F5N/c9-2-3-1-4(7(11)12)16-6(10)5(3)8(13,14)15/h1,7H,2H2. The number of hydrogen-bond acceptors (Lipinski definition) is 1. The van der Waals surface area contributed by atoms with Crippen LogP contribution in [0, 0.1) is 0 Å². The van der Waals surface area contributed by atoms with Gasteiger partial charge in [0.05, 0.1) is 5.56 Å². The second-order valence-corrected chi connectivity index (χ2v) is 3.43. The second-order valence-electron chi connectivity index (χ2n) is 2.80. The molecule has 1 heterocycles. The molecule has 0 saturated heterocycles. The summed E-state index contributed by atoms with van der Waals surface area (Å²) in [5, 5.41) is -1.01. The van der Waals surface area contributed by atoms with Gasteiger partial charge < -0.3 is 0 Å². The first kappa shape index (κ1) is 13.4. The fraction of sp³-hybridized carbons (Fsp3) is 0.375. The second kappa shape index (κ2) is 4.71. The van der Waals surface area contributed by atoms with Crippen LogP contribution in [-0.2, 0) is 12.1 Å². The number of pyridine rings is 1. The van der Waals surface area contributed by atoms with E-state index in [9.17, 15) is 22.0 Å². The largest absolute Gasteiger partial charge is 0.419 e. The van der Waals surface area contributed by atoms with E-state index < -0.39 is 40.5 Å². The van der Waals surface area contributed by atoms with Gasteiger partial charge >= 0.3 is 6.18 Å². The third kappa shape index (κ3) is 2.74. The van der Waals surface area contributed by atoms with Gasteiger partial charge in [0.25, 0.3) is 6.43 Å². The number of alkyl halides is 6. The normalized spacial score (nSPS) is 12.2. The van der Waals surface area contributed by atoms with E-state index in [1.54, 1.807) is 0 Å². The highest BCUT2D eigenvalue weighted by molar-refractivity contribution is 6.30. The quantitative estimate of drug-likeness (QED) is 0.443. The summed E-state index contributed by atoms with van der Waals surface area (Å²) in [5.41, 5.74) is -2.60. The first-order valence-corrected chi connectivity index (χ1v) is 4.79. The Morgan fingerprint density at radius 2 is 1.88 bits per heavy atom. The lowest BCUT2D eigenvalue weighted by Gasteiger charge is -2.13. The van der Waals surface area contributed by atoms with Gasteiger partial charge in [-0.2, -0.15) is 13.2 Å². The van der Waals surface area contributed by atoms with Crippen LogP contribution in [0.5, 0.6) is 0 Å². The summed E-state index contributed by atoms with van der Waals surface area (Å²) in [5.74, 6) is -0.573. The van der Waals surface area contributed by atoms with Gasteiger partial charge in [0.1, 0.15) is 10.8 Å². The zero-order chi connectivity index (χ0) is 12.5. The Hall–Kier alpha value is -0.620. The lowest BCUT2D eigenvalue weighted by atomic mass is 10.1. The van der Waals surface area contributed by atoms with Crippen molar-refractivity contribution >= 4 is 23.2 Å². The molecule has 0 saturated carbocycles. The Morgan fingerprint density at radius 3 is 2.25 bits per heavy atom. The highest BCUT2D eigenvalue weighted by atomic mass is 35.5. The van der Waals surface area contributed by atoms with Crippen LogP contribution in [0.25, 0.3) is 0 Å². The Kier molecular flexibility index (Phi) is 3.96. The van der Waals surface area contributed by atoms with Crippen molar-refractivity contribution in [2.24, 2.45) is 0 Å². The molecule has 0 aliphatic heterocycles. The number of halogens is 7. The summed E-state index contributed by atoms with van der Waals surface area (Å²) in [4.78, 5) is 2.98. The Labute approximate surface area is 97.2 Å². The van der Waals surface area contributed by atoms with Crippen LogP contribution in [0.2, 0.25) is 5.15 Å². The molecule has 0 fully saturated rings. The van der Waals surface area contributed by atoms with Crippen molar-refractivity contribution in [3.8, 4) is 0 Å². The van der Waals surface area contributed by atoms with E-state index in [2.05, 4.69) is 4.98 Å². The van der Waals surface area contributed by atoms with Crippen molar-refractivity contribution in [1.29, 1.82) is 0 Å². The highest BCUT2D eigenvalue weighted by Gasteiger charge is 2.37. The number of aromatic nitrogens is 1. The fourth-order valence-electron chi connectivity index (χ4n) is 1.10. The molecule has 8 heteroatoms. The van der Waals surface area contributed by atoms with Crippen LogP contribution in [0.4, 0.5) is 22.0 Å². The molecule has 0 unspecified atom stereocenters. The maximum atomic E-state index is 12.5. The summed E-state index contributed by atoms with van der Waals surface area (Å²) in [6.45, 7) is 0. The van der Waals surface area contributed by atoms with Crippen LogP contribution < -0.4 is 0 Å². The molecular weight excluding hydrogens is 276 g/mol. The van der Waals surface area contributed by atoms with Crippen LogP contribution >= 0.6 is 23.2 Å². The molecule has 0 aromatic carbocycles. The lowest BCUT2D eigenvalue weighted by molar-refractivity contribution is -0.138. The van der Waals surface area contributed by atoms with Gasteiger partial charge in [-0.3, -0.25) is 0 Å². The van der Waals surface area contributed by atoms with Gasteiger partial charge in [0.15, 0.2) is 0 Å². The summed E-state index contributed by atoms with van der Waals surface area (Å²) in [6, 6.07) is 0.604. The van der Waals surface area contributed by atoms with E-state index in [4.69, 9.17) is 23.2 Å². The van der Waals surface area contributed by atoms with Crippen LogP contribution in [0.3, 0.4) is 0 Å². The number of rotatable bonds is 2. The minimum atomic E-state index is -4.77. The number of nitrogens with zero attached hydrogens (tertiary/aromatic N) is 1. The molecule has 16 heavy (non-hydrogen) atoms. The molecule has 90 valence electrons. The van der Waals surface area contributed by atoms with E-state index in [-0.39, 0.29) is 0 Å². The maximum Gasteiger partial charge on any atom is 0.419 e. The average Bonchev–Trinajstić information content (AvgIpc) is 2.14. The maximum absolute atomic E-state index is 12.5. The van der Waals surface area contributed by atoms with E-state index in [0.717, 1.165) is 0 Å². The minimum absolute atomic E-state index is 0.510. The molecule has 0 bridgehead atoms. The predicted octanol–water partition coefficient (Wildman–Crippen LogP) is 4.43. The van der Waals surface area contributed by atoms with Gasteiger partial charge in [-0.1, -0.05) is 11.6 Å². The Bertz CT molecular complexity index is 391. The molecule has 1 nitrogen and oxygen atoms in total. The van der Waals surface area contributed by atoms with Crippen LogP contribution in [0.1, 0.15) is 23.2 Å². The van der Waals surface area contributed by atoms with Crippen LogP contribution in [-0.4, -0.2) is 4.98 Å². The summed E-state index contributed by atoms with van der Waals surface area (Å²) >= 11 is 10.5. The summed E-state index contributed by atoms with van der Waals surface area (Å²) in [7, 11) is 0. The molecule has 1 aromatic rings. The Balaban J connectivity index is 3.41. The van der Waals surface area contributed by atoms with Crippen molar-refractivity contribution in [1.82, 2.24) is 4.98 Å². The first-order valence-electron chi connectivity index (χ1n) is 3.88. The monoisotopic (exact) mass is 279 g/mol. The van der Waals surface area contributed by atoms with E-state index in [0.29, 0.717) is 6.07 Å². The zero-order valence-corrected chi connectivity index (χ0v) is 8.97. The fourth-order valence-corrected chi connectivity index (χ4v) is 1.64. The third-order valence-corrected chi connectivity index (χ3v) is 2.29.